The molecule has 3 aromatic rings. The number of methoxy groups -OCH3 is 1. The molecule has 9 heteroatoms. The van der Waals surface area contributed by atoms with Gasteiger partial charge in [0.1, 0.15) is 11.6 Å². The molecule has 0 radical (unpaired) electrons. The Hall–Kier alpha value is -3.23. The standard InChI is InChI=1S/C22H26N6O3/c1-13-10-16-17(27-22(2)6-7-22)25-18(26-19(16)31-13)20(29)28-8-4-14(5-9-28)15-11-23-21(30-3)24-12-15/h10-12,14H,4-9H2,1-3H3,(H,25,26,27). The maximum absolute atomic E-state index is 13.2. The molecular weight excluding hydrogens is 396 g/mol. The fourth-order valence-electron chi connectivity index (χ4n) is 4.03. The summed E-state index contributed by atoms with van der Waals surface area (Å²) < 4.78 is 10.8. The van der Waals surface area contributed by atoms with Crippen molar-refractivity contribution in [2.75, 3.05) is 25.5 Å². The van der Waals surface area contributed by atoms with Crippen LogP contribution in [0, 0.1) is 6.92 Å². The minimum atomic E-state index is -0.163. The molecule has 0 atom stereocenters. The molecule has 0 unspecified atom stereocenters. The SMILES string of the molecule is COc1ncc(C2CCN(C(=O)c3nc(NC4(C)CC4)c4cc(C)oc4n3)CC2)cn1. The number of furan rings is 1. The van der Waals surface area contributed by atoms with Crippen molar-refractivity contribution in [3.05, 3.63) is 35.6 Å². The van der Waals surface area contributed by atoms with Crippen LogP contribution in [0.15, 0.2) is 22.9 Å². The first-order chi connectivity index (χ1) is 14.9. The van der Waals surface area contributed by atoms with E-state index in [0.717, 1.165) is 42.4 Å². The predicted octanol–water partition coefficient (Wildman–Crippen LogP) is 3.31. The Morgan fingerprint density at radius 2 is 1.94 bits per heavy atom. The summed E-state index contributed by atoms with van der Waals surface area (Å²) in [5.41, 5.74) is 1.56. The summed E-state index contributed by atoms with van der Waals surface area (Å²) in [5.74, 6) is 1.76. The number of carbonyl (C=O) groups excluding carboxylic acids is 1. The van der Waals surface area contributed by atoms with Gasteiger partial charge >= 0.3 is 6.01 Å². The van der Waals surface area contributed by atoms with Crippen LogP contribution in [-0.2, 0) is 0 Å². The van der Waals surface area contributed by atoms with Crippen molar-refractivity contribution in [1.29, 1.82) is 0 Å². The zero-order valence-corrected chi connectivity index (χ0v) is 18.0. The highest BCUT2D eigenvalue weighted by atomic mass is 16.5. The molecule has 1 aliphatic carbocycles. The zero-order chi connectivity index (χ0) is 21.6. The molecule has 1 aliphatic heterocycles. The number of aryl methyl sites for hydroxylation is 1. The van der Waals surface area contributed by atoms with E-state index in [2.05, 4.69) is 32.2 Å². The molecule has 0 aromatic carbocycles. The molecule has 5 rings (SSSR count). The number of nitrogens with one attached hydrogen (secondary N) is 1. The molecule has 2 aliphatic rings. The van der Waals surface area contributed by atoms with Crippen molar-refractivity contribution in [2.45, 2.75) is 51.0 Å². The topological polar surface area (TPSA) is 106 Å². The number of anilines is 1. The lowest BCUT2D eigenvalue weighted by Gasteiger charge is -2.31. The number of hydrogen-bond acceptors (Lipinski definition) is 8. The van der Waals surface area contributed by atoms with Gasteiger partial charge in [0.15, 0.2) is 0 Å². The molecule has 3 aromatic heterocycles. The van der Waals surface area contributed by atoms with Gasteiger partial charge in [0.05, 0.1) is 12.5 Å². The lowest BCUT2D eigenvalue weighted by Crippen LogP contribution is -2.39. The van der Waals surface area contributed by atoms with Gasteiger partial charge in [0, 0.05) is 31.0 Å². The first-order valence-electron chi connectivity index (χ1n) is 10.7. The van der Waals surface area contributed by atoms with Crippen LogP contribution in [0.5, 0.6) is 6.01 Å². The normalized spacial score (nSPS) is 18.2. The molecule has 4 heterocycles. The molecule has 1 saturated heterocycles. The van der Waals surface area contributed by atoms with Gasteiger partial charge in [0.25, 0.3) is 5.91 Å². The number of likely N-dealkylation sites (tertiary alicyclic amines) is 1. The van der Waals surface area contributed by atoms with Crippen LogP contribution >= 0.6 is 0 Å². The van der Waals surface area contributed by atoms with E-state index < -0.39 is 0 Å². The van der Waals surface area contributed by atoms with Gasteiger partial charge in [0.2, 0.25) is 11.5 Å². The maximum atomic E-state index is 13.2. The Balaban J connectivity index is 1.33. The summed E-state index contributed by atoms with van der Waals surface area (Å²) >= 11 is 0. The van der Waals surface area contributed by atoms with E-state index in [1.807, 2.05) is 17.9 Å². The summed E-state index contributed by atoms with van der Waals surface area (Å²) in [5, 5.41) is 4.30. The van der Waals surface area contributed by atoms with E-state index in [4.69, 9.17) is 9.15 Å². The van der Waals surface area contributed by atoms with Gasteiger partial charge < -0.3 is 19.4 Å². The van der Waals surface area contributed by atoms with Crippen molar-refractivity contribution in [3.63, 3.8) is 0 Å². The Bertz CT molecular complexity index is 1110. The van der Waals surface area contributed by atoms with E-state index in [1.54, 1.807) is 19.5 Å². The maximum Gasteiger partial charge on any atom is 0.316 e. The summed E-state index contributed by atoms with van der Waals surface area (Å²) in [6.45, 7) is 5.30. The quantitative estimate of drug-likeness (QED) is 0.667. The van der Waals surface area contributed by atoms with Crippen LogP contribution in [-0.4, -0.2) is 56.5 Å². The highest BCUT2D eigenvalue weighted by Gasteiger charge is 2.38. The van der Waals surface area contributed by atoms with Crippen molar-refractivity contribution in [2.24, 2.45) is 0 Å². The number of fused-ring (bicyclic) bond motifs is 1. The molecular formula is C22H26N6O3. The van der Waals surface area contributed by atoms with E-state index in [-0.39, 0.29) is 17.3 Å². The number of rotatable bonds is 5. The molecule has 1 saturated carbocycles. The van der Waals surface area contributed by atoms with Gasteiger partial charge in [-0.05, 0) is 57.1 Å². The lowest BCUT2D eigenvalue weighted by atomic mass is 9.91. The number of nitrogens with zero attached hydrogens (tertiary/aromatic N) is 5. The third-order valence-electron chi connectivity index (χ3n) is 6.21. The first kappa shape index (κ1) is 19.7. The van der Waals surface area contributed by atoms with Crippen LogP contribution in [0.2, 0.25) is 0 Å². The molecule has 2 fully saturated rings. The number of aromatic nitrogens is 4. The van der Waals surface area contributed by atoms with Crippen molar-refractivity contribution in [1.82, 2.24) is 24.8 Å². The Morgan fingerprint density at radius 1 is 1.23 bits per heavy atom. The first-order valence-corrected chi connectivity index (χ1v) is 10.7. The van der Waals surface area contributed by atoms with E-state index in [1.165, 1.54) is 0 Å². The van der Waals surface area contributed by atoms with Gasteiger partial charge in [-0.1, -0.05) is 0 Å². The number of carbonyl (C=O) groups is 1. The number of ether oxygens (including phenoxy) is 1. The molecule has 0 bridgehead atoms. The largest absolute Gasteiger partial charge is 0.467 e. The molecule has 162 valence electrons. The molecule has 1 N–H and O–H groups in total. The third-order valence-corrected chi connectivity index (χ3v) is 6.21. The Kier molecular flexibility index (Phi) is 4.75. The number of piperidine rings is 1. The second kappa shape index (κ2) is 7.47. The lowest BCUT2D eigenvalue weighted by molar-refractivity contribution is 0.0700. The van der Waals surface area contributed by atoms with E-state index in [0.29, 0.717) is 36.5 Å². The Morgan fingerprint density at radius 3 is 2.58 bits per heavy atom. The molecule has 1 amide bonds. The molecule has 31 heavy (non-hydrogen) atoms. The van der Waals surface area contributed by atoms with Gasteiger partial charge in [-0.15, -0.1) is 0 Å². The summed E-state index contributed by atoms with van der Waals surface area (Å²) in [6.07, 6.45) is 7.46. The highest BCUT2D eigenvalue weighted by molar-refractivity contribution is 5.95. The van der Waals surface area contributed by atoms with Gasteiger partial charge in [-0.3, -0.25) is 4.79 Å². The second-order valence-corrected chi connectivity index (χ2v) is 8.73. The number of amides is 1. The van der Waals surface area contributed by atoms with Crippen LogP contribution in [0.3, 0.4) is 0 Å². The van der Waals surface area contributed by atoms with Crippen LogP contribution in [0.25, 0.3) is 11.1 Å². The molecule has 0 spiro atoms. The zero-order valence-electron chi connectivity index (χ0n) is 18.0. The van der Waals surface area contributed by atoms with Gasteiger partial charge in [-0.2, -0.15) is 4.98 Å². The Labute approximate surface area is 180 Å². The summed E-state index contributed by atoms with van der Waals surface area (Å²) in [6, 6.07) is 2.28. The van der Waals surface area contributed by atoms with Crippen LogP contribution < -0.4 is 10.1 Å². The fraction of sp³-hybridized carbons (Fsp3) is 0.500. The van der Waals surface area contributed by atoms with Crippen LogP contribution in [0.4, 0.5) is 5.82 Å². The van der Waals surface area contributed by atoms with E-state index >= 15 is 0 Å². The number of hydrogen-bond donors (Lipinski definition) is 1. The monoisotopic (exact) mass is 422 g/mol. The van der Waals surface area contributed by atoms with Crippen LogP contribution in [0.1, 0.15) is 60.5 Å². The van der Waals surface area contributed by atoms with Gasteiger partial charge in [-0.25, -0.2) is 15.0 Å². The fourth-order valence-corrected chi connectivity index (χ4v) is 4.03. The minimum Gasteiger partial charge on any atom is -0.467 e. The minimum absolute atomic E-state index is 0.0333. The average molecular weight is 422 g/mol. The summed E-state index contributed by atoms with van der Waals surface area (Å²) in [7, 11) is 1.55. The third kappa shape index (κ3) is 3.92. The van der Waals surface area contributed by atoms with Crippen molar-refractivity contribution >= 4 is 22.8 Å². The summed E-state index contributed by atoms with van der Waals surface area (Å²) in [4.78, 5) is 32.5. The average Bonchev–Trinajstić information content (AvgIpc) is 3.38. The van der Waals surface area contributed by atoms with Crippen molar-refractivity contribution < 1.29 is 13.9 Å². The smallest absolute Gasteiger partial charge is 0.316 e. The second-order valence-electron chi connectivity index (χ2n) is 8.73. The van der Waals surface area contributed by atoms with Crippen molar-refractivity contribution in [3.8, 4) is 6.01 Å². The molecule has 9 nitrogen and oxygen atoms in total. The predicted molar refractivity (Wildman–Crippen MR) is 114 cm³/mol. The van der Waals surface area contributed by atoms with E-state index in [9.17, 15) is 4.79 Å². The highest BCUT2D eigenvalue weighted by Crippen LogP contribution is 2.39.